The van der Waals surface area contributed by atoms with Crippen LogP contribution in [0.3, 0.4) is 0 Å². The van der Waals surface area contributed by atoms with Crippen LogP contribution in [0.5, 0.6) is 0 Å². The van der Waals surface area contributed by atoms with Crippen molar-refractivity contribution in [2.45, 2.75) is 346 Å². The van der Waals surface area contributed by atoms with E-state index >= 15 is 0 Å². The van der Waals surface area contributed by atoms with Crippen LogP contribution in [0.15, 0.2) is 97.2 Å². The predicted molar refractivity (Wildman–Crippen MR) is 356 cm³/mol. The fourth-order valence-corrected chi connectivity index (χ4v) is 10.5. The second-order valence-corrected chi connectivity index (χ2v) is 23.9. The zero-order chi connectivity index (χ0) is 61.7. The number of hydrogen-bond acceptors (Lipinski definition) is 10. The van der Waals surface area contributed by atoms with E-state index in [4.69, 9.17) is 14.2 Å². The van der Waals surface area contributed by atoms with Gasteiger partial charge in [-0.3, -0.25) is 9.59 Å². The fraction of sp³-hybridized carbons (Fsp3) is 0.757. The average molecular weight is 1190 g/mol. The minimum Gasteiger partial charge on any atom is -0.454 e. The number of hydrogen-bond donors (Lipinski definition) is 6. The Bertz CT molecular complexity index is 1750. The van der Waals surface area contributed by atoms with Gasteiger partial charge in [-0.2, -0.15) is 0 Å². The van der Waals surface area contributed by atoms with Gasteiger partial charge in [-0.05, 0) is 103 Å². The predicted octanol–water partition coefficient (Wildman–Crippen LogP) is 17.8. The summed E-state index contributed by atoms with van der Waals surface area (Å²) in [5.74, 6) is -1.21. The Morgan fingerprint density at radius 1 is 0.471 bits per heavy atom. The molecule has 0 radical (unpaired) electrons. The summed E-state index contributed by atoms with van der Waals surface area (Å²) in [6.07, 6.45) is 71.5. The highest BCUT2D eigenvalue weighted by Gasteiger charge is 2.47. The number of carbonyl (C=O) groups excluding carboxylic acids is 2. The SMILES string of the molecule is CC/C=C\C/C=C\C/C=C\C/C=C\C/C=C\CCCCCCCC(=O)OC1C(OCC(NC(=O)C(O)CCCCCCCCCCCCCC/C=C\C/C=C\CCCCC)C(O)/C=C/CCCCCCCCCCCCC)OC(CO)C(O)C1O. The van der Waals surface area contributed by atoms with Crippen molar-refractivity contribution in [1.29, 1.82) is 0 Å². The lowest BCUT2D eigenvalue weighted by atomic mass is 9.99. The van der Waals surface area contributed by atoms with E-state index in [1.807, 2.05) is 6.08 Å². The minimum absolute atomic E-state index is 0.0977. The number of unbranched alkanes of at least 4 members (excludes halogenated alkanes) is 31. The van der Waals surface area contributed by atoms with Crippen molar-refractivity contribution in [1.82, 2.24) is 5.32 Å². The smallest absolute Gasteiger partial charge is 0.306 e. The number of amides is 1. The summed E-state index contributed by atoms with van der Waals surface area (Å²) in [7, 11) is 0. The Hall–Kier alpha value is -3.42. The molecule has 85 heavy (non-hydrogen) atoms. The third kappa shape index (κ3) is 48.2. The van der Waals surface area contributed by atoms with Gasteiger partial charge < -0.3 is 45.1 Å². The maximum absolute atomic E-state index is 13.5. The van der Waals surface area contributed by atoms with E-state index in [9.17, 15) is 35.1 Å². The van der Waals surface area contributed by atoms with E-state index in [0.717, 1.165) is 109 Å². The Balaban J connectivity index is 2.63. The zero-order valence-electron chi connectivity index (χ0n) is 54.5. The van der Waals surface area contributed by atoms with Gasteiger partial charge in [-0.25, -0.2) is 0 Å². The molecule has 1 aliphatic heterocycles. The molecule has 0 aromatic heterocycles. The van der Waals surface area contributed by atoms with Crippen molar-refractivity contribution in [2.24, 2.45) is 0 Å². The summed E-state index contributed by atoms with van der Waals surface area (Å²) in [6.45, 7) is 5.67. The van der Waals surface area contributed by atoms with Gasteiger partial charge in [0.1, 0.15) is 24.4 Å². The molecule has 1 rings (SSSR count). The molecule has 0 aromatic rings. The van der Waals surface area contributed by atoms with E-state index in [0.29, 0.717) is 12.8 Å². The number of aliphatic hydroxyl groups excluding tert-OH is 5. The number of esters is 1. The number of rotatable bonds is 59. The van der Waals surface area contributed by atoms with Gasteiger partial charge in [0, 0.05) is 6.42 Å². The topological polar surface area (TPSA) is 175 Å². The number of nitrogens with one attached hydrogen (secondary N) is 1. The number of ether oxygens (including phenoxy) is 3. The Morgan fingerprint density at radius 3 is 1.29 bits per heavy atom. The summed E-state index contributed by atoms with van der Waals surface area (Å²) in [5.41, 5.74) is 0. The molecule has 1 aliphatic rings. The number of allylic oxidation sites excluding steroid dienone is 15. The first-order chi connectivity index (χ1) is 41.7. The first-order valence-corrected chi connectivity index (χ1v) is 35.0. The molecule has 490 valence electrons. The van der Waals surface area contributed by atoms with Gasteiger partial charge >= 0.3 is 5.97 Å². The van der Waals surface area contributed by atoms with Gasteiger partial charge in [0.15, 0.2) is 12.4 Å². The molecule has 11 nitrogen and oxygen atoms in total. The highest BCUT2D eigenvalue weighted by Crippen LogP contribution is 2.26. The molecule has 0 saturated carbocycles. The first kappa shape index (κ1) is 79.6. The van der Waals surface area contributed by atoms with E-state index in [1.54, 1.807) is 6.08 Å². The molecule has 1 saturated heterocycles. The van der Waals surface area contributed by atoms with Crippen LogP contribution in [0.2, 0.25) is 0 Å². The third-order valence-corrected chi connectivity index (χ3v) is 16.0. The molecule has 1 amide bonds. The quantitative estimate of drug-likeness (QED) is 0.0195. The normalized spacial score (nSPS) is 19.0. The van der Waals surface area contributed by atoms with Crippen LogP contribution in [0.1, 0.15) is 297 Å². The van der Waals surface area contributed by atoms with Crippen molar-refractivity contribution in [2.75, 3.05) is 13.2 Å². The van der Waals surface area contributed by atoms with Crippen LogP contribution in [-0.4, -0.2) is 99.6 Å². The molecule has 0 aromatic carbocycles. The van der Waals surface area contributed by atoms with Crippen molar-refractivity contribution >= 4 is 11.9 Å². The lowest BCUT2D eigenvalue weighted by Gasteiger charge is -2.41. The van der Waals surface area contributed by atoms with Gasteiger partial charge in [-0.1, -0.05) is 285 Å². The standard InChI is InChI=1S/C74H129NO10/c1-4-7-10-13-16-19-22-25-27-29-31-33-35-36-38-40-43-46-49-52-55-58-61-67(78)73(82)75-65(66(77)60-57-54-51-48-45-42-24-21-18-15-12-9-6-3)64-83-74-72(71(81)70(80)68(63-76)84-74)85-69(79)62-59-56-53-50-47-44-41-39-37-34-32-30-28-26-23-20-17-14-11-8-5-2/h8,11,16-17,19-20,25-28,32,34,39,41,57,60,65-68,70-72,74,76-78,80-81H,4-7,9-10,12-15,18,21-24,29-31,33,35-38,40,42-56,58-59,61-64H2,1-3H3,(H,75,82)/b11-8-,19-16-,20-17-,27-25-,28-26-,34-32-,41-39-,60-57+. The van der Waals surface area contributed by atoms with Gasteiger partial charge in [0.25, 0.3) is 0 Å². The Morgan fingerprint density at radius 2 is 0.847 bits per heavy atom. The molecular weight excluding hydrogens is 1060 g/mol. The maximum Gasteiger partial charge on any atom is 0.306 e. The van der Waals surface area contributed by atoms with Gasteiger partial charge in [0.05, 0.1) is 25.4 Å². The molecule has 0 spiro atoms. The van der Waals surface area contributed by atoms with Crippen LogP contribution in [0, 0.1) is 0 Å². The van der Waals surface area contributed by atoms with Crippen molar-refractivity contribution in [3.63, 3.8) is 0 Å². The fourth-order valence-electron chi connectivity index (χ4n) is 10.5. The van der Waals surface area contributed by atoms with E-state index < -0.39 is 67.4 Å². The van der Waals surface area contributed by atoms with Crippen LogP contribution >= 0.6 is 0 Å². The van der Waals surface area contributed by atoms with E-state index in [-0.39, 0.29) is 19.4 Å². The summed E-state index contributed by atoms with van der Waals surface area (Å²) < 4.78 is 17.7. The summed E-state index contributed by atoms with van der Waals surface area (Å²) in [6, 6.07) is -1.03. The summed E-state index contributed by atoms with van der Waals surface area (Å²) in [4.78, 5) is 26.7. The molecule has 8 atom stereocenters. The van der Waals surface area contributed by atoms with E-state index in [2.05, 4.69) is 111 Å². The largest absolute Gasteiger partial charge is 0.454 e. The summed E-state index contributed by atoms with van der Waals surface area (Å²) >= 11 is 0. The maximum atomic E-state index is 13.5. The van der Waals surface area contributed by atoms with E-state index in [1.165, 1.54) is 141 Å². The molecular formula is C74H129NO10. The highest BCUT2D eigenvalue weighted by atomic mass is 16.7. The molecule has 6 N–H and O–H groups in total. The lowest BCUT2D eigenvalue weighted by Crippen LogP contribution is -2.61. The minimum atomic E-state index is -1.63. The zero-order valence-corrected chi connectivity index (χ0v) is 54.5. The van der Waals surface area contributed by atoms with Gasteiger partial charge in [0.2, 0.25) is 5.91 Å². The van der Waals surface area contributed by atoms with Crippen LogP contribution in [0.4, 0.5) is 0 Å². The van der Waals surface area contributed by atoms with Crippen molar-refractivity contribution in [3.8, 4) is 0 Å². The Kier molecular flexibility index (Phi) is 57.0. The van der Waals surface area contributed by atoms with Crippen molar-refractivity contribution < 1.29 is 49.3 Å². The Labute approximate surface area is 520 Å². The second kappa shape index (κ2) is 60.8. The highest BCUT2D eigenvalue weighted by molar-refractivity contribution is 5.80. The average Bonchev–Trinajstić information content (AvgIpc) is 2.48. The molecule has 11 heteroatoms. The molecule has 0 aliphatic carbocycles. The molecule has 1 heterocycles. The summed E-state index contributed by atoms with van der Waals surface area (Å²) in [5, 5.41) is 57.2. The second-order valence-electron chi connectivity index (χ2n) is 23.9. The lowest BCUT2D eigenvalue weighted by molar-refractivity contribution is -0.305. The van der Waals surface area contributed by atoms with Crippen LogP contribution in [-0.2, 0) is 23.8 Å². The first-order valence-electron chi connectivity index (χ1n) is 35.0. The number of carbonyl (C=O) groups is 2. The molecule has 1 fully saturated rings. The molecule has 0 bridgehead atoms. The van der Waals surface area contributed by atoms with Crippen molar-refractivity contribution in [3.05, 3.63) is 97.2 Å². The van der Waals surface area contributed by atoms with Crippen LogP contribution in [0.25, 0.3) is 0 Å². The van der Waals surface area contributed by atoms with Gasteiger partial charge in [-0.15, -0.1) is 0 Å². The molecule has 8 unspecified atom stereocenters. The number of aliphatic hydroxyl groups is 5. The third-order valence-electron chi connectivity index (χ3n) is 16.0. The van der Waals surface area contributed by atoms with Crippen LogP contribution < -0.4 is 5.32 Å². The monoisotopic (exact) mass is 1190 g/mol.